The van der Waals surface area contributed by atoms with Gasteiger partial charge in [-0.2, -0.15) is 5.10 Å². The summed E-state index contributed by atoms with van der Waals surface area (Å²) in [7, 11) is -3.61. The first-order valence-corrected chi connectivity index (χ1v) is 8.81. The molecule has 3 N–H and O–H groups in total. The molecule has 0 spiro atoms. The summed E-state index contributed by atoms with van der Waals surface area (Å²) in [4.78, 5) is 0. The number of H-pyrrole nitrogens is 1. The van der Waals surface area contributed by atoms with Crippen molar-refractivity contribution in [3.05, 3.63) is 11.3 Å². The van der Waals surface area contributed by atoms with Crippen LogP contribution >= 0.6 is 0 Å². The molecule has 1 aliphatic carbocycles. The number of aryl methyl sites for hydroxylation is 1. The third-order valence-corrected chi connectivity index (χ3v) is 6.53. The SMILES string of the molecule is CCNCc1c(S(=O)(=O)NC2C(C)(C)C2(C)C)n[nH]c1C. The minimum absolute atomic E-state index is 0.0484. The lowest BCUT2D eigenvalue weighted by molar-refractivity contribution is 0.457. The van der Waals surface area contributed by atoms with Crippen molar-refractivity contribution < 1.29 is 8.42 Å². The first kappa shape index (κ1) is 16.5. The maximum Gasteiger partial charge on any atom is 0.260 e. The zero-order valence-corrected chi connectivity index (χ0v) is 14.5. The van der Waals surface area contributed by atoms with Gasteiger partial charge < -0.3 is 5.32 Å². The van der Waals surface area contributed by atoms with Crippen LogP contribution in [0.4, 0.5) is 0 Å². The largest absolute Gasteiger partial charge is 0.313 e. The maximum atomic E-state index is 12.6. The van der Waals surface area contributed by atoms with Crippen molar-refractivity contribution in [1.29, 1.82) is 0 Å². The van der Waals surface area contributed by atoms with Gasteiger partial charge >= 0.3 is 0 Å². The van der Waals surface area contributed by atoms with Gasteiger partial charge in [0.15, 0.2) is 5.03 Å². The molecule has 2 rings (SSSR count). The van der Waals surface area contributed by atoms with Crippen LogP contribution in [0.5, 0.6) is 0 Å². The predicted molar refractivity (Wildman–Crippen MR) is 82.4 cm³/mol. The first-order valence-electron chi connectivity index (χ1n) is 7.32. The molecule has 0 amide bonds. The highest BCUT2D eigenvalue weighted by atomic mass is 32.2. The molecule has 0 aromatic carbocycles. The number of hydrogen-bond donors (Lipinski definition) is 3. The smallest absolute Gasteiger partial charge is 0.260 e. The Kier molecular flexibility index (Phi) is 3.97. The van der Waals surface area contributed by atoms with Crippen LogP contribution in [-0.4, -0.2) is 31.2 Å². The van der Waals surface area contributed by atoms with Gasteiger partial charge in [-0.05, 0) is 24.3 Å². The number of aromatic nitrogens is 2. The predicted octanol–water partition coefficient (Wildman–Crippen LogP) is 1.54. The van der Waals surface area contributed by atoms with Crippen molar-refractivity contribution in [2.45, 2.75) is 59.2 Å². The molecule has 1 fully saturated rings. The molecule has 1 heterocycles. The first-order chi connectivity index (χ1) is 9.55. The molecule has 0 bridgehead atoms. The van der Waals surface area contributed by atoms with Crippen molar-refractivity contribution in [2.24, 2.45) is 10.8 Å². The Hall–Kier alpha value is -0.920. The fourth-order valence-corrected chi connectivity index (χ4v) is 4.54. The van der Waals surface area contributed by atoms with Crippen molar-refractivity contribution in [2.75, 3.05) is 6.54 Å². The second-order valence-electron chi connectivity index (χ2n) is 6.91. The quantitative estimate of drug-likeness (QED) is 0.743. The molecular formula is C14H26N4O2S. The lowest BCUT2D eigenvalue weighted by Gasteiger charge is -2.09. The second-order valence-corrected chi connectivity index (χ2v) is 8.54. The zero-order valence-electron chi connectivity index (χ0n) is 13.7. The van der Waals surface area contributed by atoms with E-state index in [1.54, 1.807) is 0 Å². The van der Waals surface area contributed by atoms with Gasteiger partial charge in [-0.1, -0.05) is 34.6 Å². The van der Waals surface area contributed by atoms with Gasteiger partial charge in [0.2, 0.25) is 0 Å². The molecule has 7 heteroatoms. The molecule has 0 aliphatic heterocycles. The standard InChI is InChI=1S/C14H26N4O2S/c1-7-15-8-10-9(2)16-17-11(10)21(19,20)18-12-13(3,4)14(12,5)6/h12,15,18H,7-8H2,1-6H3,(H,16,17). The van der Waals surface area contributed by atoms with Crippen LogP contribution in [0, 0.1) is 17.8 Å². The molecule has 1 saturated carbocycles. The van der Waals surface area contributed by atoms with E-state index >= 15 is 0 Å². The fourth-order valence-electron chi connectivity index (χ4n) is 2.81. The Morgan fingerprint density at radius 1 is 1.24 bits per heavy atom. The van der Waals surface area contributed by atoms with E-state index in [4.69, 9.17) is 0 Å². The lowest BCUT2D eigenvalue weighted by Crippen LogP contribution is -2.31. The van der Waals surface area contributed by atoms with Gasteiger partial charge in [-0.25, -0.2) is 13.1 Å². The number of rotatable bonds is 6. The number of nitrogens with zero attached hydrogens (tertiary/aromatic N) is 1. The third kappa shape index (κ3) is 2.62. The summed E-state index contributed by atoms with van der Waals surface area (Å²) in [5, 5.41) is 10.0. The average molecular weight is 314 g/mol. The summed E-state index contributed by atoms with van der Waals surface area (Å²) in [5.41, 5.74) is 1.40. The Balaban J connectivity index is 2.26. The molecule has 0 radical (unpaired) electrons. The molecular weight excluding hydrogens is 288 g/mol. The molecule has 120 valence electrons. The monoisotopic (exact) mass is 314 g/mol. The number of hydrogen-bond acceptors (Lipinski definition) is 4. The van der Waals surface area contributed by atoms with E-state index in [2.05, 4.69) is 47.9 Å². The average Bonchev–Trinajstić information content (AvgIpc) is 2.67. The van der Waals surface area contributed by atoms with Crippen LogP contribution in [-0.2, 0) is 16.6 Å². The third-order valence-electron chi connectivity index (χ3n) is 5.14. The van der Waals surface area contributed by atoms with E-state index in [0.717, 1.165) is 12.2 Å². The topological polar surface area (TPSA) is 86.9 Å². The van der Waals surface area contributed by atoms with Crippen molar-refractivity contribution in [3.8, 4) is 0 Å². The van der Waals surface area contributed by atoms with Crippen LogP contribution in [0.3, 0.4) is 0 Å². The van der Waals surface area contributed by atoms with Gasteiger partial charge in [-0.3, -0.25) is 5.10 Å². The maximum absolute atomic E-state index is 12.6. The van der Waals surface area contributed by atoms with E-state index < -0.39 is 10.0 Å². The Bertz CT molecular complexity index is 617. The molecule has 1 aromatic rings. The van der Waals surface area contributed by atoms with E-state index in [1.165, 1.54) is 0 Å². The van der Waals surface area contributed by atoms with Crippen LogP contribution in [0.1, 0.15) is 45.9 Å². The summed E-state index contributed by atoms with van der Waals surface area (Å²) in [5.74, 6) is 0. The Morgan fingerprint density at radius 3 is 2.29 bits per heavy atom. The van der Waals surface area contributed by atoms with Crippen LogP contribution in [0.15, 0.2) is 5.03 Å². The second kappa shape index (κ2) is 5.07. The summed E-state index contributed by atoms with van der Waals surface area (Å²) in [6.45, 7) is 13.4. The van der Waals surface area contributed by atoms with Gasteiger partial charge in [0.1, 0.15) is 0 Å². The highest BCUT2D eigenvalue weighted by Gasteiger charge is 2.66. The number of sulfonamides is 1. The van der Waals surface area contributed by atoms with Crippen LogP contribution < -0.4 is 10.0 Å². The summed E-state index contributed by atoms with van der Waals surface area (Å²) in [6.07, 6.45) is 0. The summed E-state index contributed by atoms with van der Waals surface area (Å²) in [6, 6.07) is -0.0704. The lowest BCUT2D eigenvalue weighted by atomic mass is 10.0. The molecule has 1 aliphatic rings. The number of aromatic amines is 1. The van der Waals surface area contributed by atoms with Gasteiger partial charge in [0.05, 0.1) is 0 Å². The van der Waals surface area contributed by atoms with E-state index in [1.807, 2.05) is 13.8 Å². The van der Waals surface area contributed by atoms with Gasteiger partial charge in [-0.15, -0.1) is 0 Å². The summed E-state index contributed by atoms with van der Waals surface area (Å²) >= 11 is 0. The molecule has 1 aromatic heterocycles. The highest BCUT2D eigenvalue weighted by molar-refractivity contribution is 7.89. The van der Waals surface area contributed by atoms with Crippen molar-refractivity contribution in [3.63, 3.8) is 0 Å². The zero-order chi connectivity index (χ0) is 16.1. The molecule has 0 unspecified atom stereocenters. The number of nitrogens with one attached hydrogen (secondary N) is 3. The van der Waals surface area contributed by atoms with E-state index in [9.17, 15) is 8.42 Å². The van der Waals surface area contributed by atoms with Crippen LogP contribution in [0.2, 0.25) is 0 Å². The molecule has 21 heavy (non-hydrogen) atoms. The molecule has 6 nitrogen and oxygen atoms in total. The van der Waals surface area contributed by atoms with Crippen LogP contribution in [0.25, 0.3) is 0 Å². The van der Waals surface area contributed by atoms with Crippen molar-refractivity contribution >= 4 is 10.0 Å². The highest BCUT2D eigenvalue weighted by Crippen LogP contribution is 2.62. The Morgan fingerprint density at radius 2 is 1.81 bits per heavy atom. The van der Waals surface area contributed by atoms with E-state index in [-0.39, 0.29) is 21.9 Å². The summed E-state index contributed by atoms with van der Waals surface area (Å²) < 4.78 is 28.1. The van der Waals surface area contributed by atoms with E-state index in [0.29, 0.717) is 12.1 Å². The molecule has 0 saturated heterocycles. The minimum Gasteiger partial charge on any atom is -0.313 e. The van der Waals surface area contributed by atoms with Crippen molar-refractivity contribution in [1.82, 2.24) is 20.2 Å². The van der Waals surface area contributed by atoms with Gasteiger partial charge in [0, 0.05) is 23.8 Å². The Labute approximate surface area is 127 Å². The molecule has 0 atom stereocenters. The normalized spacial score (nSPS) is 20.7. The minimum atomic E-state index is -3.61. The van der Waals surface area contributed by atoms with Gasteiger partial charge in [0.25, 0.3) is 10.0 Å². The fraction of sp³-hybridized carbons (Fsp3) is 0.786.